The summed E-state index contributed by atoms with van der Waals surface area (Å²) in [5.41, 5.74) is 0.370. The van der Waals surface area contributed by atoms with Gasteiger partial charge in [-0.15, -0.1) is 0 Å². The summed E-state index contributed by atoms with van der Waals surface area (Å²) in [6, 6.07) is 20.3. The van der Waals surface area contributed by atoms with E-state index >= 15 is 0 Å². The highest BCUT2D eigenvalue weighted by molar-refractivity contribution is 6.30. The largest absolute Gasteiger partial charge is 0.439 e. The molecule has 1 saturated heterocycles. The van der Waals surface area contributed by atoms with Crippen LogP contribution in [0.5, 0.6) is 0 Å². The molecule has 5 rings (SSSR count). The molecule has 0 radical (unpaired) electrons. The van der Waals surface area contributed by atoms with Crippen molar-refractivity contribution in [2.75, 3.05) is 0 Å². The Hall–Kier alpha value is -3.64. The third-order valence-corrected chi connectivity index (χ3v) is 5.83. The molecule has 0 saturated carbocycles. The van der Waals surface area contributed by atoms with E-state index in [0.717, 1.165) is 26.8 Å². The molecule has 2 heterocycles. The number of hydrogen-bond donors (Lipinski definition) is 1. The Bertz CT molecular complexity index is 1320. The van der Waals surface area contributed by atoms with Crippen LogP contribution in [0.4, 0.5) is 4.79 Å². The van der Waals surface area contributed by atoms with Gasteiger partial charge in [0.2, 0.25) is 5.89 Å². The predicted octanol–water partition coefficient (Wildman–Crippen LogP) is 5.12. The van der Waals surface area contributed by atoms with Crippen molar-refractivity contribution in [1.29, 1.82) is 0 Å². The summed E-state index contributed by atoms with van der Waals surface area (Å²) in [6.07, 6.45) is 1.57. The van der Waals surface area contributed by atoms with Gasteiger partial charge in [0.25, 0.3) is 5.91 Å². The van der Waals surface area contributed by atoms with Crippen molar-refractivity contribution in [3.63, 3.8) is 0 Å². The number of rotatable bonds is 4. The highest BCUT2D eigenvalue weighted by Crippen LogP contribution is 2.32. The Morgan fingerprint density at radius 1 is 1.03 bits per heavy atom. The van der Waals surface area contributed by atoms with Gasteiger partial charge < -0.3 is 9.73 Å². The second kappa shape index (κ2) is 7.25. The fourth-order valence-corrected chi connectivity index (χ4v) is 3.93. The number of benzene rings is 3. The molecule has 4 aromatic rings. The molecule has 0 aliphatic carbocycles. The molecule has 3 aromatic carbocycles. The summed E-state index contributed by atoms with van der Waals surface area (Å²) in [4.78, 5) is 31.3. The van der Waals surface area contributed by atoms with Gasteiger partial charge in [-0.25, -0.2) is 9.78 Å². The number of hydrogen-bond acceptors (Lipinski definition) is 4. The fraction of sp³-hybridized carbons (Fsp3) is 0.125. The molecule has 3 amide bonds. The molecule has 0 spiro atoms. The second-order valence-corrected chi connectivity index (χ2v) is 8.07. The smallest absolute Gasteiger partial charge is 0.325 e. The van der Waals surface area contributed by atoms with Gasteiger partial charge in [-0.3, -0.25) is 9.69 Å². The van der Waals surface area contributed by atoms with Crippen molar-refractivity contribution < 1.29 is 14.0 Å². The summed E-state index contributed by atoms with van der Waals surface area (Å²) in [7, 11) is 0. The van der Waals surface area contributed by atoms with E-state index < -0.39 is 11.6 Å². The first-order chi connectivity index (χ1) is 14.9. The molecule has 1 atom stereocenters. The van der Waals surface area contributed by atoms with Crippen LogP contribution >= 0.6 is 11.6 Å². The normalized spacial score (nSPS) is 18.6. The van der Waals surface area contributed by atoms with Gasteiger partial charge >= 0.3 is 6.03 Å². The summed E-state index contributed by atoms with van der Waals surface area (Å²) >= 11 is 5.92. The van der Waals surface area contributed by atoms with E-state index in [4.69, 9.17) is 16.0 Å². The predicted molar refractivity (Wildman–Crippen MR) is 117 cm³/mol. The van der Waals surface area contributed by atoms with Crippen molar-refractivity contribution in [3.8, 4) is 11.3 Å². The van der Waals surface area contributed by atoms with Gasteiger partial charge in [0.15, 0.2) is 5.76 Å². The number of carbonyl (C=O) groups excluding carboxylic acids is 2. The number of fused-ring (bicyclic) bond motifs is 1. The number of halogens is 1. The second-order valence-electron chi connectivity index (χ2n) is 7.63. The topological polar surface area (TPSA) is 75.4 Å². The monoisotopic (exact) mass is 431 g/mol. The molecular formula is C24H18ClN3O3. The number of imide groups is 1. The van der Waals surface area contributed by atoms with E-state index in [2.05, 4.69) is 10.3 Å². The number of nitrogens with zero attached hydrogens (tertiary/aromatic N) is 2. The van der Waals surface area contributed by atoms with Crippen LogP contribution in [0, 0.1) is 0 Å². The number of urea groups is 1. The molecule has 1 fully saturated rings. The van der Waals surface area contributed by atoms with E-state index in [0.29, 0.717) is 10.8 Å². The Labute approximate surface area is 183 Å². The molecule has 1 aliphatic rings. The number of carbonyl (C=O) groups is 2. The molecule has 1 N–H and O–H groups in total. The summed E-state index contributed by atoms with van der Waals surface area (Å²) < 4.78 is 5.77. The highest BCUT2D eigenvalue weighted by atomic mass is 35.5. The lowest BCUT2D eigenvalue weighted by Crippen LogP contribution is -2.40. The number of nitrogens with one attached hydrogen (secondary N) is 1. The minimum Gasteiger partial charge on any atom is -0.439 e. The first-order valence-corrected chi connectivity index (χ1v) is 10.2. The molecule has 7 heteroatoms. The van der Waals surface area contributed by atoms with Gasteiger partial charge in [-0.1, -0.05) is 48.0 Å². The van der Waals surface area contributed by atoms with Crippen LogP contribution in [0.2, 0.25) is 5.02 Å². The van der Waals surface area contributed by atoms with Crippen molar-refractivity contribution >= 4 is 34.3 Å². The number of oxazole rings is 1. The Kier molecular flexibility index (Phi) is 4.52. The lowest BCUT2D eigenvalue weighted by Gasteiger charge is -2.22. The van der Waals surface area contributed by atoms with Crippen LogP contribution in [0.3, 0.4) is 0 Å². The van der Waals surface area contributed by atoms with Gasteiger partial charge in [0.05, 0.1) is 6.20 Å². The van der Waals surface area contributed by atoms with Crippen LogP contribution in [0.15, 0.2) is 77.3 Å². The minimum atomic E-state index is -1.16. The lowest BCUT2D eigenvalue weighted by molar-refractivity contribution is -0.131. The average molecular weight is 432 g/mol. The van der Waals surface area contributed by atoms with E-state index in [1.54, 1.807) is 25.3 Å². The van der Waals surface area contributed by atoms with Crippen molar-refractivity contribution in [1.82, 2.24) is 15.2 Å². The maximum atomic E-state index is 13.3. The van der Waals surface area contributed by atoms with Gasteiger partial charge in [0, 0.05) is 10.6 Å². The summed E-state index contributed by atoms with van der Waals surface area (Å²) in [6.45, 7) is 1.66. The maximum absolute atomic E-state index is 13.3. The van der Waals surface area contributed by atoms with E-state index in [9.17, 15) is 9.59 Å². The fourth-order valence-electron chi connectivity index (χ4n) is 3.80. The zero-order valence-corrected chi connectivity index (χ0v) is 17.4. The van der Waals surface area contributed by atoms with E-state index in [1.807, 2.05) is 54.6 Å². The van der Waals surface area contributed by atoms with E-state index in [1.165, 1.54) is 0 Å². The van der Waals surface area contributed by atoms with Crippen LogP contribution in [-0.2, 0) is 16.9 Å². The number of aromatic nitrogens is 1. The number of amides is 3. The Morgan fingerprint density at radius 2 is 1.77 bits per heavy atom. The van der Waals surface area contributed by atoms with Crippen LogP contribution in [-0.4, -0.2) is 21.8 Å². The van der Waals surface area contributed by atoms with Gasteiger partial charge in [-0.2, -0.15) is 0 Å². The summed E-state index contributed by atoms with van der Waals surface area (Å²) in [5.74, 6) is 0.464. The minimum absolute atomic E-state index is 0.0541. The standard InChI is InChI=1S/C24H18ClN3O3/c1-24(18-9-6-15-4-2-3-5-17(15)12-18)22(29)28(23(30)27-24)14-21-26-13-20(31-21)16-7-10-19(25)11-8-16/h2-13H,14H2,1H3,(H,27,30). The highest BCUT2D eigenvalue weighted by Gasteiger charge is 2.49. The molecule has 154 valence electrons. The third kappa shape index (κ3) is 3.35. The van der Waals surface area contributed by atoms with Crippen molar-refractivity contribution in [2.45, 2.75) is 19.0 Å². The Balaban J connectivity index is 1.40. The molecule has 0 bridgehead atoms. The lowest BCUT2D eigenvalue weighted by atomic mass is 9.90. The van der Waals surface area contributed by atoms with Gasteiger partial charge in [-0.05, 0) is 53.6 Å². The zero-order valence-electron chi connectivity index (χ0n) is 16.6. The van der Waals surface area contributed by atoms with Crippen molar-refractivity contribution in [2.24, 2.45) is 0 Å². The van der Waals surface area contributed by atoms with Crippen LogP contribution in [0.1, 0.15) is 18.4 Å². The molecule has 31 heavy (non-hydrogen) atoms. The SMILES string of the molecule is CC1(c2ccc3ccccc3c2)NC(=O)N(Cc2ncc(-c3ccc(Cl)cc3)o2)C1=O. The molecule has 6 nitrogen and oxygen atoms in total. The average Bonchev–Trinajstić information content (AvgIpc) is 3.33. The van der Waals surface area contributed by atoms with Crippen LogP contribution in [0.25, 0.3) is 22.1 Å². The summed E-state index contributed by atoms with van der Waals surface area (Å²) in [5, 5.41) is 5.52. The quantitative estimate of drug-likeness (QED) is 0.455. The molecule has 1 aromatic heterocycles. The molecule has 1 unspecified atom stereocenters. The zero-order chi connectivity index (χ0) is 21.6. The van der Waals surface area contributed by atoms with E-state index in [-0.39, 0.29) is 18.3 Å². The van der Waals surface area contributed by atoms with Gasteiger partial charge in [0.1, 0.15) is 12.1 Å². The maximum Gasteiger partial charge on any atom is 0.325 e. The van der Waals surface area contributed by atoms with Crippen molar-refractivity contribution in [3.05, 3.63) is 89.4 Å². The first-order valence-electron chi connectivity index (χ1n) is 9.78. The third-order valence-electron chi connectivity index (χ3n) is 5.58. The van der Waals surface area contributed by atoms with Crippen LogP contribution < -0.4 is 5.32 Å². The first kappa shape index (κ1) is 19.3. The molecular weight excluding hydrogens is 414 g/mol. The molecule has 1 aliphatic heterocycles. The Morgan fingerprint density at radius 3 is 2.55 bits per heavy atom.